The average Bonchev–Trinajstić information content (AvgIpc) is 2.94. The van der Waals surface area contributed by atoms with Crippen molar-refractivity contribution in [2.75, 3.05) is 11.1 Å². The van der Waals surface area contributed by atoms with Crippen LogP contribution in [0.1, 0.15) is 0 Å². The molecule has 122 valence electrons. The number of anilines is 1. The Morgan fingerprint density at radius 3 is 2.75 bits per heavy atom. The van der Waals surface area contributed by atoms with Crippen LogP contribution in [0, 0.1) is 10.1 Å². The third kappa shape index (κ3) is 4.02. The van der Waals surface area contributed by atoms with Crippen molar-refractivity contribution in [2.24, 2.45) is 0 Å². The maximum absolute atomic E-state index is 12.0. The lowest BCUT2D eigenvalue weighted by atomic mass is 10.3. The first-order chi connectivity index (χ1) is 11.5. The second-order valence-corrected chi connectivity index (χ2v) is 7.23. The molecule has 0 aliphatic carbocycles. The van der Waals surface area contributed by atoms with Crippen LogP contribution in [0.25, 0.3) is 10.2 Å². The van der Waals surface area contributed by atoms with Crippen molar-refractivity contribution in [1.29, 1.82) is 0 Å². The Balaban J connectivity index is 1.59. The zero-order valence-corrected chi connectivity index (χ0v) is 14.5. The van der Waals surface area contributed by atoms with Crippen LogP contribution >= 0.6 is 34.7 Å². The Morgan fingerprint density at radius 2 is 2.04 bits per heavy atom. The van der Waals surface area contributed by atoms with Crippen molar-refractivity contribution in [2.45, 2.75) is 4.90 Å². The number of hydrogen-bond acceptors (Lipinski definition) is 6. The summed E-state index contributed by atoms with van der Waals surface area (Å²) in [7, 11) is 0. The van der Waals surface area contributed by atoms with Crippen LogP contribution in [0.5, 0.6) is 0 Å². The fraction of sp³-hybridized carbons (Fsp3) is 0.0667. The molecular weight excluding hydrogens is 370 g/mol. The molecule has 0 spiro atoms. The van der Waals surface area contributed by atoms with E-state index >= 15 is 0 Å². The number of thioether (sulfide) groups is 1. The molecule has 24 heavy (non-hydrogen) atoms. The molecule has 1 amide bonds. The highest BCUT2D eigenvalue weighted by atomic mass is 35.5. The van der Waals surface area contributed by atoms with E-state index in [1.54, 1.807) is 30.3 Å². The van der Waals surface area contributed by atoms with Crippen LogP contribution in [-0.2, 0) is 4.79 Å². The van der Waals surface area contributed by atoms with E-state index < -0.39 is 4.92 Å². The Hall–Kier alpha value is -2.16. The second kappa shape index (κ2) is 7.16. The fourth-order valence-electron chi connectivity index (χ4n) is 1.92. The van der Waals surface area contributed by atoms with Gasteiger partial charge in [0.2, 0.25) is 5.91 Å². The summed E-state index contributed by atoms with van der Waals surface area (Å²) in [4.78, 5) is 27.3. The van der Waals surface area contributed by atoms with Crippen LogP contribution in [0.15, 0.2) is 47.4 Å². The zero-order chi connectivity index (χ0) is 17.1. The normalized spacial score (nSPS) is 10.7. The topological polar surface area (TPSA) is 85.1 Å². The van der Waals surface area contributed by atoms with Crippen LogP contribution in [0.2, 0.25) is 5.02 Å². The van der Waals surface area contributed by atoms with Gasteiger partial charge < -0.3 is 5.32 Å². The van der Waals surface area contributed by atoms with Gasteiger partial charge in [-0.1, -0.05) is 22.9 Å². The van der Waals surface area contributed by atoms with Crippen molar-refractivity contribution < 1.29 is 9.72 Å². The smallest absolute Gasteiger partial charge is 0.269 e. The minimum Gasteiger partial charge on any atom is -0.301 e. The monoisotopic (exact) mass is 379 g/mol. The molecule has 0 atom stereocenters. The highest BCUT2D eigenvalue weighted by Crippen LogP contribution is 2.28. The molecule has 9 heteroatoms. The number of nitro benzene ring substituents is 1. The van der Waals surface area contributed by atoms with Crippen LogP contribution in [0.3, 0.4) is 0 Å². The number of benzene rings is 2. The van der Waals surface area contributed by atoms with Crippen molar-refractivity contribution in [3.63, 3.8) is 0 Å². The SMILES string of the molecule is O=C(CSc1ccc([N+](=O)[O-])cc1)Nc1nc2ccc(Cl)cc2s1. The number of fused-ring (bicyclic) bond motifs is 1. The summed E-state index contributed by atoms with van der Waals surface area (Å²) >= 11 is 8.58. The largest absolute Gasteiger partial charge is 0.301 e. The van der Waals surface area contributed by atoms with Crippen LogP contribution < -0.4 is 5.32 Å². The number of non-ortho nitro benzene ring substituents is 1. The Bertz CT molecular complexity index is 912. The molecular formula is C15H10ClN3O3S2. The van der Waals surface area contributed by atoms with E-state index in [0.717, 1.165) is 15.1 Å². The number of nitrogens with one attached hydrogen (secondary N) is 1. The number of aromatic nitrogens is 1. The molecule has 0 bridgehead atoms. The lowest BCUT2D eigenvalue weighted by Gasteiger charge is -2.02. The Kier molecular flexibility index (Phi) is 4.98. The summed E-state index contributed by atoms with van der Waals surface area (Å²) < 4.78 is 0.904. The van der Waals surface area contributed by atoms with Gasteiger partial charge in [0, 0.05) is 22.1 Å². The van der Waals surface area contributed by atoms with Gasteiger partial charge in [0.1, 0.15) is 0 Å². The molecule has 3 rings (SSSR count). The van der Waals surface area contributed by atoms with E-state index in [9.17, 15) is 14.9 Å². The molecule has 0 radical (unpaired) electrons. The van der Waals surface area contributed by atoms with E-state index in [1.165, 1.54) is 35.2 Å². The van der Waals surface area contributed by atoms with Crippen molar-refractivity contribution >= 4 is 61.6 Å². The van der Waals surface area contributed by atoms with Gasteiger partial charge in [-0.25, -0.2) is 4.98 Å². The molecule has 0 aliphatic rings. The number of halogens is 1. The third-order valence-corrected chi connectivity index (χ3v) is 5.20. The van der Waals surface area contributed by atoms with Gasteiger partial charge in [0.25, 0.3) is 5.69 Å². The standard InChI is InChI=1S/C15H10ClN3O3S2/c16-9-1-6-12-13(7-9)24-15(17-12)18-14(20)8-23-11-4-2-10(3-5-11)19(21)22/h1-7H,8H2,(H,17,18,20). The number of rotatable bonds is 5. The maximum atomic E-state index is 12.0. The third-order valence-electron chi connectivity index (χ3n) is 3.01. The van der Waals surface area contributed by atoms with Gasteiger partial charge >= 0.3 is 0 Å². The highest BCUT2D eigenvalue weighted by molar-refractivity contribution is 8.00. The molecule has 2 aromatic carbocycles. The number of thiazole rings is 1. The quantitative estimate of drug-likeness (QED) is 0.398. The average molecular weight is 380 g/mol. The Morgan fingerprint density at radius 1 is 1.29 bits per heavy atom. The lowest BCUT2D eigenvalue weighted by molar-refractivity contribution is -0.384. The molecule has 3 aromatic rings. The van der Waals surface area contributed by atoms with Gasteiger partial charge in [-0.15, -0.1) is 11.8 Å². The number of nitro groups is 1. The summed E-state index contributed by atoms with van der Waals surface area (Å²) in [6, 6.07) is 11.4. The second-order valence-electron chi connectivity index (χ2n) is 4.72. The van der Waals surface area contributed by atoms with E-state index in [2.05, 4.69) is 10.3 Å². The molecule has 0 fully saturated rings. The first-order valence-electron chi connectivity index (χ1n) is 6.74. The number of amides is 1. The number of nitrogens with zero attached hydrogens (tertiary/aromatic N) is 2. The summed E-state index contributed by atoms with van der Waals surface area (Å²) in [5, 5.41) is 14.5. The van der Waals surface area contributed by atoms with Gasteiger partial charge in [-0.05, 0) is 30.3 Å². The molecule has 1 heterocycles. The summed E-state index contributed by atoms with van der Waals surface area (Å²) in [5.74, 6) is -0.00222. The van der Waals surface area contributed by atoms with Crippen LogP contribution in [-0.4, -0.2) is 21.6 Å². The van der Waals surface area contributed by atoms with Crippen molar-refractivity contribution in [1.82, 2.24) is 4.98 Å². The summed E-state index contributed by atoms with van der Waals surface area (Å²) in [6.45, 7) is 0. The molecule has 0 unspecified atom stereocenters. The number of carbonyl (C=O) groups excluding carboxylic acids is 1. The van der Waals surface area contributed by atoms with E-state index in [0.29, 0.717) is 10.2 Å². The number of hydrogen-bond donors (Lipinski definition) is 1. The van der Waals surface area contributed by atoms with Gasteiger partial charge in [-0.2, -0.15) is 0 Å². The minimum absolute atomic E-state index is 0.0249. The van der Waals surface area contributed by atoms with E-state index in [4.69, 9.17) is 11.6 Å². The zero-order valence-electron chi connectivity index (χ0n) is 12.1. The summed E-state index contributed by atoms with van der Waals surface area (Å²) in [5.41, 5.74) is 0.805. The molecule has 0 aliphatic heterocycles. The van der Waals surface area contributed by atoms with Crippen LogP contribution in [0.4, 0.5) is 10.8 Å². The molecule has 0 saturated carbocycles. The number of carbonyl (C=O) groups is 1. The van der Waals surface area contributed by atoms with E-state index in [-0.39, 0.29) is 17.3 Å². The molecule has 0 saturated heterocycles. The predicted molar refractivity (Wildman–Crippen MR) is 97.1 cm³/mol. The van der Waals surface area contributed by atoms with Gasteiger partial charge in [0.05, 0.1) is 20.9 Å². The van der Waals surface area contributed by atoms with E-state index in [1.807, 2.05) is 0 Å². The van der Waals surface area contributed by atoms with Gasteiger partial charge in [-0.3, -0.25) is 14.9 Å². The first kappa shape index (κ1) is 16.7. The first-order valence-corrected chi connectivity index (χ1v) is 8.92. The molecule has 1 N–H and O–H groups in total. The highest BCUT2D eigenvalue weighted by Gasteiger charge is 2.10. The Labute approximate surface area is 150 Å². The fourth-order valence-corrected chi connectivity index (χ4v) is 3.78. The predicted octanol–water partition coefficient (Wildman–Crippen LogP) is 4.59. The molecule has 1 aromatic heterocycles. The maximum Gasteiger partial charge on any atom is 0.269 e. The minimum atomic E-state index is -0.458. The van der Waals surface area contributed by atoms with Crippen molar-refractivity contribution in [3.05, 3.63) is 57.6 Å². The van der Waals surface area contributed by atoms with Gasteiger partial charge in [0.15, 0.2) is 5.13 Å². The van der Waals surface area contributed by atoms with Crippen molar-refractivity contribution in [3.8, 4) is 0 Å². The molecule has 6 nitrogen and oxygen atoms in total. The summed E-state index contributed by atoms with van der Waals surface area (Å²) in [6.07, 6.45) is 0. The lowest BCUT2D eigenvalue weighted by Crippen LogP contribution is -2.13.